The Morgan fingerprint density at radius 1 is 1.06 bits per heavy atom. The number of hydrogen-bond donors (Lipinski definition) is 1. The third kappa shape index (κ3) is 4.60. The minimum atomic E-state index is -0.463. The number of anilines is 1. The monoisotopic (exact) mass is 464 g/mol. The van der Waals surface area contributed by atoms with E-state index in [1.807, 2.05) is 34.9 Å². The number of non-ortho nitro benzene ring substituents is 1. The van der Waals surface area contributed by atoms with Gasteiger partial charge in [0.25, 0.3) is 5.69 Å². The number of aromatic nitrogens is 2. The van der Waals surface area contributed by atoms with Crippen molar-refractivity contribution in [2.24, 2.45) is 0 Å². The van der Waals surface area contributed by atoms with Crippen molar-refractivity contribution in [3.63, 3.8) is 0 Å². The van der Waals surface area contributed by atoms with Crippen molar-refractivity contribution < 1.29 is 19.2 Å². The first kappa shape index (κ1) is 22.2. The lowest BCUT2D eigenvalue weighted by molar-refractivity contribution is -0.384. The van der Waals surface area contributed by atoms with Crippen LogP contribution < -0.4 is 14.8 Å². The van der Waals surface area contributed by atoms with Gasteiger partial charge < -0.3 is 14.8 Å². The third-order valence-corrected chi connectivity index (χ3v) is 5.80. The Hall–Kier alpha value is -4.05. The van der Waals surface area contributed by atoms with E-state index in [0.29, 0.717) is 39.1 Å². The van der Waals surface area contributed by atoms with Gasteiger partial charge in [-0.2, -0.15) is 0 Å². The summed E-state index contributed by atoms with van der Waals surface area (Å²) in [5, 5.41) is 14.6. The minimum Gasteiger partial charge on any atom is -0.495 e. The summed E-state index contributed by atoms with van der Waals surface area (Å²) >= 11 is 1.22. The molecule has 0 aliphatic rings. The van der Waals surface area contributed by atoms with Crippen LogP contribution in [0.1, 0.15) is 0 Å². The Labute approximate surface area is 193 Å². The highest BCUT2D eigenvalue weighted by molar-refractivity contribution is 7.99. The molecule has 9 nitrogen and oxygen atoms in total. The zero-order valence-electron chi connectivity index (χ0n) is 17.8. The molecule has 33 heavy (non-hydrogen) atoms. The van der Waals surface area contributed by atoms with Crippen molar-refractivity contribution in [3.05, 3.63) is 76.8 Å². The summed E-state index contributed by atoms with van der Waals surface area (Å²) in [6.07, 6.45) is 0. The van der Waals surface area contributed by atoms with Gasteiger partial charge in [0, 0.05) is 12.1 Å². The second-order valence-electron chi connectivity index (χ2n) is 6.87. The normalized spacial score (nSPS) is 10.7. The number of fused-ring (bicyclic) bond motifs is 1. The number of carbonyl (C=O) groups excluding carboxylic acids is 1. The number of nitrogens with one attached hydrogen (secondary N) is 1. The van der Waals surface area contributed by atoms with Gasteiger partial charge in [-0.1, -0.05) is 36.0 Å². The van der Waals surface area contributed by atoms with Crippen LogP contribution in [0.3, 0.4) is 0 Å². The second kappa shape index (κ2) is 9.61. The summed E-state index contributed by atoms with van der Waals surface area (Å²) in [6, 6.07) is 19.0. The molecule has 1 N–H and O–H groups in total. The fourth-order valence-electron chi connectivity index (χ4n) is 3.37. The topological polar surface area (TPSA) is 109 Å². The van der Waals surface area contributed by atoms with Crippen LogP contribution in [0.4, 0.5) is 11.4 Å². The largest absolute Gasteiger partial charge is 0.495 e. The molecule has 0 aliphatic carbocycles. The molecule has 10 heteroatoms. The van der Waals surface area contributed by atoms with Gasteiger partial charge in [0.05, 0.1) is 47.3 Å². The van der Waals surface area contributed by atoms with Gasteiger partial charge in [-0.15, -0.1) is 0 Å². The molecule has 3 aromatic carbocycles. The van der Waals surface area contributed by atoms with Crippen LogP contribution in [0.5, 0.6) is 11.5 Å². The molecule has 1 amide bonds. The van der Waals surface area contributed by atoms with E-state index in [4.69, 9.17) is 9.47 Å². The van der Waals surface area contributed by atoms with E-state index in [1.54, 1.807) is 31.4 Å². The Kier molecular flexibility index (Phi) is 6.45. The molecule has 0 unspecified atom stereocenters. The van der Waals surface area contributed by atoms with Crippen molar-refractivity contribution in [1.29, 1.82) is 0 Å². The van der Waals surface area contributed by atoms with Crippen LogP contribution in [0, 0.1) is 10.1 Å². The predicted molar refractivity (Wildman–Crippen MR) is 127 cm³/mol. The first-order valence-electron chi connectivity index (χ1n) is 9.87. The molecule has 0 saturated heterocycles. The van der Waals surface area contributed by atoms with Gasteiger partial charge in [-0.05, 0) is 30.3 Å². The number of para-hydroxylation sites is 4. The number of rotatable bonds is 8. The molecule has 0 fully saturated rings. The average molecular weight is 465 g/mol. The molecule has 4 aromatic rings. The fourth-order valence-corrected chi connectivity index (χ4v) is 4.19. The molecule has 0 atom stereocenters. The van der Waals surface area contributed by atoms with Crippen LogP contribution in [0.15, 0.2) is 71.9 Å². The maximum Gasteiger partial charge on any atom is 0.271 e. The van der Waals surface area contributed by atoms with E-state index >= 15 is 0 Å². The van der Waals surface area contributed by atoms with E-state index in [-0.39, 0.29) is 17.3 Å². The molecule has 0 bridgehead atoms. The Morgan fingerprint density at radius 3 is 2.48 bits per heavy atom. The highest BCUT2D eigenvalue weighted by Gasteiger charge is 2.19. The highest BCUT2D eigenvalue weighted by atomic mass is 32.2. The van der Waals surface area contributed by atoms with Gasteiger partial charge in [-0.3, -0.25) is 19.5 Å². The van der Waals surface area contributed by atoms with Gasteiger partial charge in [-0.25, -0.2) is 4.98 Å². The molecule has 0 saturated carbocycles. The van der Waals surface area contributed by atoms with Crippen LogP contribution >= 0.6 is 11.8 Å². The van der Waals surface area contributed by atoms with Crippen molar-refractivity contribution in [2.75, 3.05) is 25.3 Å². The van der Waals surface area contributed by atoms with Crippen molar-refractivity contribution in [1.82, 2.24) is 9.55 Å². The van der Waals surface area contributed by atoms with E-state index < -0.39 is 4.92 Å². The Bertz CT molecular complexity index is 1340. The van der Waals surface area contributed by atoms with Gasteiger partial charge in [0.15, 0.2) is 5.16 Å². The van der Waals surface area contributed by atoms with Crippen LogP contribution in [0.25, 0.3) is 16.7 Å². The summed E-state index contributed by atoms with van der Waals surface area (Å²) in [4.78, 5) is 28.0. The summed E-state index contributed by atoms with van der Waals surface area (Å²) in [6.45, 7) is 0. The number of thioether (sulfide) groups is 1. The van der Waals surface area contributed by atoms with Crippen molar-refractivity contribution in [3.8, 4) is 17.2 Å². The summed E-state index contributed by atoms with van der Waals surface area (Å²) in [7, 11) is 3.10. The van der Waals surface area contributed by atoms with Gasteiger partial charge >= 0.3 is 0 Å². The fraction of sp³-hybridized carbons (Fsp3) is 0.130. The first-order valence-corrected chi connectivity index (χ1v) is 10.9. The number of hydrogen-bond acceptors (Lipinski definition) is 7. The highest BCUT2D eigenvalue weighted by Crippen LogP contribution is 2.34. The number of amides is 1. The summed E-state index contributed by atoms with van der Waals surface area (Å²) in [5.41, 5.74) is 2.33. The zero-order chi connectivity index (χ0) is 23.4. The van der Waals surface area contributed by atoms with Crippen LogP contribution in [-0.2, 0) is 4.79 Å². The first-order chi connectivity index (χ1) is 16.0. The van der Waals surface area contributed by atoms with Crippen LogP contribution in [-0.4, -0.2) is 40.4 Å². The lowest BCUT2D eigenvalue weighted by atomic mass is 10.2. The maximum absolute atomic E-state index is 12.6. The molecule has 0 aliphatic heterocycles. The van der Waals surface area contributed by atoms with E-state index in [1.165, 1.54) is 31.0 Å². The lowest BCUT2D eigenvalue weighted by Gasteiger charge is -2.13. The number of imidazole rings is 1. The smallest absolute Gasteiger partial charge is 0.271 e. The minimum absolute atomic E-state index is 0.0577. The summed E-state index contributed by atoms with van der Waals surface area (Å²) in [5.74, 6) is 0.993. The van der Waals surface area contributed by atoms with Gasteiger partial charge in [0.2, 0.25) is 5.91 Å². The Morgan fingerprint density at radius 2 is 1.76 bits per heavy atom. The molecule has 1 heterocycles. The Balaban J connectivity index is 1.68. The number of nitro groups is 1. The number of ether oxygens (including phenoxy) is 2. The third-order valence-electron chi connectivity index (χ3n) is 4.86. The van der Waals surface area contributed by atoms with Crippen molar-refractivity contribution in [2.45, 2.75) is 5.16 Å². The number of nitrogens with zero attached hydrogens (tertiary/aromatic N) is 3. The molecule has 0 spiro atoms. The lowest BCUT2D eigenvalue weighted by Crippen LogP contribution is -2.15. The number of nitro benzene ring substituents is 1. The van der Waals surface area contributed by atoms with E-state index in [0.717, 1.165) is 0 Å². The number of methoxy groups -OCH3 is 2. The zero-order valence-corrected chi connectivity index (χ0v) is 18.7. The standard InChI is InChI=1S/C23H20N4O5S/c1-31-20-9-5-3-7-16(20)24-22(28)14-33-23-25-17-13-15(27(29)30)11-12-18(17)26(23)19-8-4-6-10-21(19)32-2/h3-13H,14H2,1-2H3,(H,24,28). The molecule has 0 radical (unpaired) electrons. The predicted octanol–water partition coefficient (Wildman–Crippen LogP) is 4.68. The van der Waals surface area contributed by atoms with E-state index in [2.05, 4.69) is 10.3 Å². The molecular formula is C23H20N4O5S. The second-order valence-corrected chi connectivity index (χ2v) is 7.81. The molecule has 4 rings (SSSR count). The quantitative estimate of drug-likeness (QED) is 0.229. The van der Waals surface area contributed by atoms with E-state index in [9.17, 15) is 14.9 Å². The van der Waals surface area contributed by atoms with Crippen molar-refractivity contribution >= 4 is 40.1 Å². The molecule has 168 valence electrons. The summed E-state index contributed by atoms with van der Waals surface area (Å²) < 4.78 is 12.6. The molecule has 1 aromatic heterocycles. The maximum atomic E-state index is 12.6. The SMILES string of the molecule is COc1ccccc1NC(=O)CSc1nc2cc([N+](=O)[O-])ccc2n1-c1ccccc1OC. The van der Waals surface area contributed by atoms with Gasteiger partial charge in [0.1, 0.15) is 11.5 Å². The molecular weight excluding hydrogens is 444 g/mol. The average Bonchev–Trinajstić information content (AvgIpc) is 3.20. The van der Waals surface area contributed by atoms with Crippen LogP contribution in [0.2, 0.25) is 0 Å². The number of benzene rings is 3. The number of carbonyl (C=O) groups is 1.